The third kappa shape index (κ3) is 5.38. The van der Waals surface area contributed by atoms with Gasteiger partial charge in [0, 0.05) is 52.7 Å². The molecule has 0 radical (unpaired) electrons. The van der Waals surface area contributed by atoms with Crippen LogP contribution in [0, 0.1) is 6.92 Å². The summed E-state index contributed by atoms with van der Waals surface area (Å²) in [5.41, 5.74) is 2.84. The van der Waals surface area contributed by atoms with Crippen LogP contribution in [0.3, 0.4) is 0 Å². The summed E-state index contributed by atoms with van der Waals surface area (Å²) in [6.07, 6.45) is 3.72. The molecule has 0 saturated carbocycles. The molecule has 1 fully saturated rings. The first-order valence-corrected chi connectivity index (χ1v) is 12.2. The maximum atomic E-state index is 12.3. The molecule has 0 atom stereocenters. The highest BCUT2D eigenvalue weighted by molar-refractivity contribution is 7.89. The minimum atomic E-state index is -3.13. The summed E-state index contributed by atoms with van der Waals surface area (Å²) in [6.45, 7) is 8.19. The van der Waals surface area contributed by atoms with Gasteiger partial charge >= 0.3 is 0 Å². The largest absolute Gasteiger partial charge is 0.355 e. The monoisotopic (exact) mass is 439 g/mol. The van der Waals surface area contributed by atoms with Gasteiger partial charge < -0.3 is 5.32 Å². The lowest BCUT2D eigenvalue weighted by atomic mass is 10.3. The Balaban J connectivity index is 1.36. The van der Waals surface area contributed by atoms with Crippen molar-refractivity contribution >= 4 is 27.0 Å². The van der Waals surface area contributed by atoms with Gasteiger partial charge in [0.1, 0.15) is 11.0 Å². The lowest BCUT2D eigenvalue weighted by Gasteiger charge is -2.34. The smallest absolute Gasteiger partial charge is 0.221 e. The molecule has 11 heteroatoms. The first-order chi connectivity index (χ1) is 14.3. The van der Waals surface area contributed by atoms with Gasteiger partial charge in [-0.1, -0.05) is 13.3 Å². The summed E-state index contributed by atoms with van der Waals surface area (Å²) < 4.78 is 29.8. The third-order valence-corrected chi connectivity index (χ3v) is 7.55. The normalized spacial score (nSPS) is 16.4. The predicted octanol–water partition coefficient (Wildman–Crippen LogP) is 0.332. The molecule has 0 aliphatic carbocycles. The standard InChI is InChI=1S/C19H33N7O3S/c1-4-5-14-30(28,29)25-12-10-24(11-13-25)9-7-20-18(27)6-8-26-19-16(2)22-23(3)17(19)15-21-26/h15H,4-14H2,1-3H3,(H,20,27). The van der Waals surface area contributed by atoms with Crippen molar-refractivity contribution in [3.8, 4) is 0 Å². The van der Waals surface area contributed by atoms with E-state index in [0.29, 0.717) is 52.1 Å². The Morgan fingerprint density at radius 2 is 1.93 bits per heavy atom. The minimum Gasteiger partial charge on any atom is -0.355 e. The molecule has 3 rings (SSSR count). The summed E-state index contributed by atoms with van der Waals surface area (Å²) >= 11 is 0. The van der Waals surface area contributed by atoms with E-state index in [0.717, 1.165) is 29.7 Å². The van der Waals surface area contributed by atoms with Gasteiger partial charge in [0.2, 0.25) is 15.9 Å². The Morgan fingerprint density at radius 1 is 1.20 bits per heavy atom. The number of rotatable bonds is 10. The highest BCUT2D eigenvalue weighted by Crippen LogP contribution is 2.16. The summed E-state index contributed by atoms with van der Waals surface area (Å²) in [5.74, 6) is 0.224. The first kappa shape index (κ1) is 22.7. The molecule has 0 spiro atoms. The zero-order valence-electron chi connectivity index (χ0n) is 18.2. The van der Waals surface area contributed by atoms with Crippen molar-refractivity contribution in [3.05, 3.63) is 11.9 Å². The van der Waals surface area contributed by atoms with Gasteiger partial charge in [-0.25, -0.2) is 8.42 Å². The molecule has 10 nitrogen and oxygen atoms in total. The van der Waals surface area contributed by atoms with Crippen LogP contribution in [-0.4, -0.2) is 88.1 Å². The molecule has 2 aromatic rings. The number of aryl methyl sites for hydroxylation is 3. The average Bonchev–Trinajstić information content (AvgIpc) is 3.27. The SMILES string of the molecule is CCCCS(=O)(=O)N1CCN(CCNC(=O)CCn2ncc3c2c(C)nn3C)CC1. The molecule has 1 amide bonds. The van der Waals surface area contributed by atoms with Crippen LogP contribution in [0.2, 0.25) is 0 Å². The summed E-state index contributed by atoms with van der Waals surface area (Å²) in [4.78, 5) is 14.4. The van der Waals surface area contributed by atoms with Crippen molar-refractivity contribution in [1.82, 2.24) is 34.1 Å². The van der Waals surface area contributed by atoms with Crippen LogP contribution >= 0.6 is 0 Å². The van der Waals surface area contributed by atoms with Gasteiger partial charge in [-0.2, -0.15) is 14.5 Å². The zero-order valence-corrected chi connectivity index (χ0v) is 19.0. The fraction of sp³-hybridized carbons (Fsp3) is 0.737. The number of hydrogen-bond donors (Lipinski definition) is 1. The number of nitrogens with zero attached hydrogens (tertiary/aromatic N) is 6. The molecule has 1 aliphatic heterocycles. The number of unbranched alkanes of at least 4 members (excludes halogenated alkanes) is 1. The van der Waals surface area contributed by atoms with Gasteiger partial charge in [0.25, 0.3) is 0 Å². The number of aromatic nitrogens is 4. The lowest BCUT2D eigenvalue weighted by Crippen LogP contribution is -2.50. The van der Waals surface area contributed by atoms with E-state index in [1.54, 1.807) is 15.2 Å². The van der Waals surface area contributed by atoms with Gasteiger partial charge in [-0.05, 0) is 13.3 Å². The van der Waals surface area contributed by atoms with Crippen LogP contribution in [0.1, 0.15) is 31.9 Å². The Bertz CT molecular complexity index is 958. The van der Waals surface area contributed by atoms with Gasteiger partial charge in [-0.15, -0.1) is 0 Å². The van der Waals surface area contributed by atoms with Crippen LogP contribution in [0.15, 0.2) is 6.20 Å². The Hall–Kier alpha value is -1.98. The van der Waals surface area contributed by atoms with Crippen LogP contribution in [0.4, 0.5) is 0 Å². The minimum absolute atomic E-state index is 0.0130. The first-order valence-electron chi connectivity index (χ1n) is 10.6. The van der Waals surface area contributed by atoms with Crippen molar-refractivity contribution in [1.29, 1.82) is 0 Å². The van der Waals surface area contributed by atoms with E-state index in [1.807, 2.05) is 25.6 Å². The van der Waals surface area contributed by atoms with Crippen molar-refractivity contribution in [2.75, 3.05) is 45.0 Å². The molecule has 1 aliphatic rings. The van der Waals surface area contributed by atoms with E-state index in [4.69, 9.17) is 0 Å². The fourth-order valence-electron chi connectivity index (χ4n) is 3.82. The van der Waals surface area contributed by atoms with Gasteiger partial charge in [0.15, 0.2) is 0 Å². The number of hydrogen-bond acceptors (Lipinski definition) is 6. The molecular formula is C19H33N7O3S. The molecule has 1 saturated heterocycles. The number of sulfonamides is 1. The van der Waals surface area contributed by atoms with Crippen LogP contribution in [0.5, 0.6) is 0 Å². The fourth-order valence-corrected chi connectivity index (χ4v) is 5.45. The third-order valence-electron chi connectivity index (χ3n) is 5.59. The number of carbonyl (C=O) groups is 1. The molecule has 30 heavy (non-hydrogen) atoms. The number of nitrogens with one attached hydrogen (secondary N) is 1. The molecule has 0 aromatic carbocycles. The quantitative estimate of drug-likeness (QED) is 0.572. The highest BCUT2D eigenvalue weighted by atomic mass is 32.2. The molecule has 3 heterocycles. The predicted molar refractivity (Wildman–Crippen MR) is 116 cm³/mol. The van der Waals surface area contributed by atoms with Crippen molar-refractivity contribution in [2.24, 2.45) is 7.05 Å². The molecular weight excluding hydrogens is 406 g/mol. The summed E-state index contributed by atoms with van der Waals surface area (Å²) in [6, 6.07) is 0. The van der Waals surface area contributed by atoms with Gasteiger partial charge in [0.05, 0.1) is 24.2 Å². The Labute approximate surface area is 178 Å². The molecule has 168 valence electrons. The van der Waals surface area contributed by atoms with Crippen LogP contribution in [-0.2, 0) is 28.4 Å². The maximum absolute atomic E-state index is 12.3. The molecule has 1 N–H and O–H groups in total. The van der Waals surface area contributed by atoms with Crippen molar-refractivity contribution in [3.63, 3.8) is 0 Å². The van der Waals surface area contributed by atoms with E-state index >= 15 is 0 Å². The molecule has 0 unspecified atom stereocenters. The molecule has 0 bridgehead atoms. The second-order valence-corrected chi connectivity index (χ2v) is 9.91. The lowest BCUT2D eigenvalue weighted by molar-refractivity contribution is -0.121. The summed E-state index contributed by atoms with van der Waals surface area (Å²) in [7, 11) is -1.24. The van der Waals surface area contributed by atoms with Crippen LogP contribution < -0.4 is 5.32 Å². The molecule has 2 aromatic heterocycles. The van der Waals surface area contributed by atoms with E-state index in [1.165, 1.54) is 0 Å². The average molecular weight is 440 g/mol. The van der Waals surface area contributed by atoms with Gasteiger partial charge in [-0.3, -0.25) is 19.1 Å². The second-order valence-electron chi connectivity index (χ2n) is 7.82. The number of carbonyl (C=O) groups excluding carboxylic acids is 1. The van der Waals surface area contributed by atoms with E-state index in [9.17, 15) is 13.2 Å². The number of amides is 1. The van der Waals surface area contributed by atoms with Crippen molar-refractivity contribution < 1.29 is 13.2 Å². The van der Waals surface area contributed by atoms with Crippen molar-refractivity contribution in [2.45, 2.75) is 39.7 Å². The summed E-state index contributed by atoms with van der Waals surface area (Å²) in [5, 5.41) is 11.7. The number of piperazine rings is 1. The number of fused-ring (bicyclic) bond motifs is 1. The zero-order chi connectivity index (χ0) is 21.7. The second kappa shape index (κ2) is 9.88. The van der Waals surface area contributed by atoms with E-state index < -0.39 is 10.0 Å². The Morgan fingerprint density at radius 3 is 2.63 bits per heavy atom. The van der Waals surface area contributed by atoms with E-state index in [-0.39, 0.29) is 11.7 Å². The maximum Gasteiger partial charge on any atom is 0.221 e. The Kier molecular flexibility index (Phi) is 7.48. The topological polar surface area (TPSA) is 105 Å². The van der Waals surface area contributed by atoms with Crippen LogP contribution in [0.25, 0.3) is 11.0 Å². The highest BCUT2D eigenvalue weighted by Gasteiger charge is 2.26. The van der Waals surface area contributed by atoms with E-state index in [2.05, 4.69) is 20.4 Å².